The number of carboxylic acid groups (broad SMARTS) is 1. The maximum absolute atomic E-state index is 12.4. The van der Waals surface area contributed by atoms with Crippen molar-refractivity contribution < 1.29 is 14.7 Å². The lowest BCUT2D eigenvalue weighted by Gasteiger charge is -2.20. The van der Waals surface area contributed by atoms with E-state index in [0.29, 0.717) is 0 Å². The molecule has 2 N–H and O–H groups in total. The molecule has 0 fully saturated rings. The van der Waals surface area contributed by atoms with Crippen LogP contribution < -0.4 is 5.32 Å². The minimum atomic E-state index is -0.956. The van der Waals surface area contributed by atoms with Crippen LogP contribution in [0, 0.1) is 19.8 Å². The van der Waals surface area contributed by atoms with Gasteiger partial charge in [0.05, 0.1) is 5.92 Å². The molecular formula is C20H23NO3. The van der Waals surface area contributed by atoms with E-state index in [1.165, 1.54) is 0 Å². The van der Waals surface area contributed by atoms with E-state index >= 15 is 0 Å². The molecule has 0 saturated heterocycles. The van der Waals surface area contributed by atoms with Gasteiger partial charge in [0.15, 0.2) is 0 Å². The number of nitrogens with one attached hydrogen (secondary N) is 1. The summed E-state index contributed by atoms with van der Waals surface area (Å²) in [5.74, 6) is -2.24. The monoisotopic (exact) mass is 325 g/mol. The van der Waals surface area contributed by atoms with E-state index in [-0.39, 0.29) is 18.2 Å². The van der Waals surface area contributed by atoms with Crippen molar-refractivity contribution in [3.8, 4) is 0 Å². The normalized spacial score (nSPS) is 13.1. The van der Waals surface area contributed by atoms with Crippen LogP contribution in [-0.2, 0) is 9.59 Å². The zero-order chi connectivity index (χ0) is 17.7. The van der Waals surface area contributed by atoms with E-state index in [9.17, 15) is 14.7 Å². The zero-order valence-electron chi connectivity index (χ0n) is 14.2. The van der Waals surface area contributed by atoms with Gasteiger partial charge in [0.2, 0.25) is 5.91 Å². The van der Waals surface area contributed by atoms with Crippen LogP contribution in [0.3, 0.4) is 0 Å². The Labute approximate surface area is 142 Å². The van der Waals surface area contributed by atoms with Gasteiger partial charge < -0.3 is 10.4 Å². The Hall–Kier alpha value is -2.62. The molecule has 0 heterocycles. The average molecular weight is 325 g/mol. The van der Waals surface area contributed by atoms with Crippen LogP contribution in [0.5, 0.6) is 0 Å². The van der Waals surface area contributed by atoms with Gasteiger partial charge in [0, 0.05) is 12.1 Å². The summed E-state index contributed by atoms with van der Waals surface area (Å²) in [6.45, 7) is 5.71. The average Bonchev–Trinajstić information content (AvgIpc) is 2.56. The first kappa shape index (κ1) is 17.7. The third kappa shape index (κ3) is 4.44. The van der Waals surface area contributed by atoms with Gasteiger partial charge in [0.1, 0.15) is 0 Å². The zero-order valence-corrected chi connectivity index (χ0v) is 14.2. The van der Waals surface area contributed by atoms with Gasteiger partial charge in [-0.15, -0.1) is 0 Å². The fraction of sp³-hybridized carbons (Fsp3) is 0.300. The number of anilines is 1. The second-order valence-corrected chi connectivity index (χ2v) is 6.21. The molecule has 2 rings (SSSR count). The molecule has 0 aliphatic rings. The molecule has 4 heteroatoms. The first-order valence-corrected chi connectivity index (χ1v) is 8.03. The second kappa shape index (κ2) is 7.77. The van der Waals surface area contributed by atoms with E-state index in [0.717, 1.165) is 22.4 Å². The summed E-state index contributed by atoms with van der Waals surface area (Å²) < 4.78 is 0. The Morgan fingerprint density at radius 2 is 1.75 bits per heavy atom. The van der Waals surface area contributed by atoms with E-state index in [2.05, 4.69) is 5.32 Å². The fourth-order valence-electron chi connectivity index (χ4n) is 2.74. The lowest BCUT2D eigenvalue weighted by atomic mass is 9.85. The van der Waals surface area contributed by atoms with Crippen LogP contribution in [0.15, 0.2) is 48.5 Å². The molecule has 0 bridgehead atoms. The summed E-state index contributed by atoms with van der Waals surface area (Å²) in [5.41, 5.74) is 3.65. The van der Waals surface area contributed by atoms with Crippen molar-refractivity contribution in [1.82, 2.24) is 0 Å². The van der Waals surface area contributed by atoms with E-state index in [1.807, 2.05) is 69.3 Å². The Kier molecular flexibility index (Phi) is 5.74. The Balaban J connectivity index is 2.11. The number of hydrogen-bond acceptors (Lipinski definition) is 2. The first-order chi connectivity index (χ1) is 11.4. The summed E-state index contributed by atoms with van der Waals surface area (Å²) in [4.78, 5) is 24.0. The van der Waals surface area contributed by atoms with Crippen LogP contribution >= 0.6 is 0 Å². The maximum atomic E-state index is 12.4. The highest BCUT2D eigenvalue weighted by Gasteiger charge is 2.28. The van der Waals surface area contributed by atoms with Crippen LogP contribution in [0.2, 0.25) is 0 Å². The molecule has 2 aromatic carbocycles. The quantitative estimate of drug-likeness (QED) is 0.839. The smallest absolute Gasteiger partial charge is 0.307 e. The second-order valence-electron chi connectivity index (χ2n) is 6.21. The number of carbonyl (C=O) groups excluding carboxylic acids is 1. The van der Waals surface area contributed by atoms with Gasteiger partial charge in [-0.05, 0) is 42.5 Å². The summed E-state index contributed by atoms with van der Waals surface area (Å²) in [6.07, 6.45) is -0.0568. The van der Waals surface area contributed by atoms with Gasteiger partial charge in [0.25, 0.3) is 0 Å². The van der Waals surface area contributed by atoms with Crippen molar-refractivity contribution >= 4 is 17.6 Å². The Morgan fingerprint density at radius 1 is 1.08 bits per heavy atom. The van der Waals surface area contributed by atoms with Gasteiger partial charge in [-0.2, -0.15) is 0 Å². The number of amides is 1. The molecule has 24 heavy (non-hydrogen) atoms. The number of aliphatic carboxylic acids is 1. The summed E-state index contributed by atoms with van der Waals surface area (Å²) >= 11 is 0. The molecule has 0 aromatic heterocycles. The fourth-order valence-corrected chi connectivity index (χ4v) is 2.74. The van der Waals surface area contributed by atoms with Crippen molar-refractivity contribution in [2.75, 3.05) is 5.32 Å². The molecule has 0 aliphatic heterocycles. The summed E-state index contributed by atoms with van der Waals surface area (Å²) in [5, 5.41) is 12.4. The predicted octanol–water partition coefficient (Wildman–Crippen LogP) is 4.14. The van der Waals surface area contributed by atoms with Crippen LogP contribution in [0.4, 0.5) is 5.69 Å². The van der Waals surface area contributed by atoms with Gasteiger partial charge in [-0.3, -0.25) is 9.59 Å². The number of rotatable bonds is 6. The van der Waals surface area contributed by atoms with Crippen molar-refractivity contribution in [3.63, 3.8) is 0 Å². The molecule has 1 amide bonds. The van der Waals surface area contributed by atoms with Crippen molar-refractivity contribution in [1.29, 1.82) is 0 Å². The number of benzene rings is 2. The van der Waals surface area contributed by atoms with Gasteiger partial charge in [-0.1, -0.05) is 49.4 Å². The number of aryl methyl sites for hydroxylation is 2. The Morgan fingerprint density at radius 3 is 2.38 bits per heavy atom. The van der Waals surface area contributed by atoms with Gasteiger partial charge in [-0.25, -0.2) is 0 Å². The molecule has 2 aromatic rings. The third-order valence-electron chi connectivity index (χ3n) is 4.32. The Bertz CT molecular complexity index is 725. The topological polar surface area (TPSA) is 66.4 Å². The molecule has 126 valence electrons. The standard InChI is InChI=1S/C20H23NO3/c1-13-9-10-14(2)18(11-13)21-19(22)12-17(20(23)24)15(3)16-7-5-4-6-8-16/h4-11,15,17H,12H2,1-3H3,(H,21,22)(H,23,24). The van der Waals surface area contributed by atoms with E-state index in [4.69, 9.17) is 0 Å². The predicted molar refractivity (Wildman–Crippen MR) is 95.1 cm³/mol. The highest BCUT2D eigenvalue weighted by atomic mass is 16.4. The number of carboxylic acids is 1. The molecule has 2 unspecified atom stereocenters. The van der Waals surface area contributed by atoms with Crippen molar-refractivity contribution in [2.24, 2.45) is 5.92 Å². The van der Waals surface area contributed by atoms with E-state index < -0.39 is 11.9 Å². The SMILES string of the molecule is Cc1ccc(C)c(NC(=O)CC(C(=O)O)C(C)c2ccccc2)c1. The molecule has 0 aliphatic carbocycles. The first-order valence-electron chi connectivity index (χ1n) is 8.03. The molecule has 0 spiro atoms. The summed E-state index contributed by atoms with van der Waals surface area (Å²) in [7, 11) is 0. The highest BCUT2D eigenvalue weighted by Crippen LogP contribution is 2.28. The number of carbonyl (C=O) groups is 2. The third-order valence-corrected chi connectivity index (χ3v) is 4.32. The van der Waals surface area contributed by atoms with Crippen LogP contribution in [-0.4, -0.2) is 17.0 Å². The van der Waals surface area contributed by atoms with Crippen LogP contribution in [0.1, 0.15) is 36.0 Å². The lowest BCUT2D eigenvalue weighted by molar-refractivity contribution is -0.144. The molecule has 4 nitrogen and oxygen atoms in total. The number of hydrogen-bond donors (Lipinski definition) is 2. The molecular weight excluding hydrogens is 302 g/mol. The molecule has 0 radical (unpaired) electrons. The minimum absolute atomic E-state index is 0.0568. The molecule has 0 saturated carbocycles. The van der Waals surface area contributed by atoms with Crippen molar-refractivity contribution in [3.05, 3.63) is 65.2 Å². The van der Waals surface area contributed by atoms with Crippen LogP contribution in [0.25, 0.3) is 0 Å². The summed E-state index contributed by atoms with van der Waals surface area (Å²) in [6, 6.07) is 15.2. The largest absolute Gasteiger partial charge is 0.481 e. The molecule has 2 atom stereocenters. The maximum Gasteiger partial charge on any atom is 0.307 e. The van der Waals surface area contributed by atoms with E-state index in [1.54, 1.807) is 0 Å². The van der Waals surface area contributed by atoms with Gasteiger partial charge >= 0.3 is 5.97 Å². The lowest BCUT2D eigenvalue weighted by Crippen LogP contribution is -2.26. The minimum Gasteiger partial charge on any atom is -0.481 e. The highest BCUT2D eigenvalue weighted by molar-refractivity contribution is 5.94. The van der Waals surface area contributed by atoms with Crippen molar-refractivity contribution in [2.45, 2.75) is 33.1 Å².